The van der Waals surface area contributed by atoms with Gasteiger partial charge in [-0.05, 0) is 77.4 Å². The number of methoxy groups -OCH3 is 1. The topological polar surface area (TPSA) is 41.9 Å². The van der Waals surface area contributed by atoms with Crippen LogP contribution in [0.15, 0.2) is 103 Å². The van der Waals surface area contributed by atoms with Gasteiger partial charge in [-0.1, -0.05) is 106 Å². The Labute approximate surface area is 257 Å². The minimum Gasteiger partial charge on any atom is -0.531 e. The van der Waals surface area contributed by atoms with E-state index in [1.807, 2.05) is 42.5 Å². The van der Waals surface area contributed by atoms with Gasteiger partial charge in [-0.2, -0.15) is 0 Å². The van der Waals surface area contributed by atoms with E-state index >= 15 is 0 Å². The quantitative estimate of drug-likeness (QED) is 0.205. The summed E-state index contributed by atoms with van der Waals surface area (Å²) in [6, 6.07) is 33.8. The molecule has 1 heterocycles. The van der Waals surface area contributed by atoms with Gasteiger partial charge in [-0.3, -0.25) is 0 Å². The van der Waals surface area contributed by atoms with Crippen LogP contribution in [0.1, 0.15) is 50.8 Å². The highest BCUT2D eigenvalue weighted by Crippen LogP contribution is 2.44. The van der Waals surface area contributed by atoms with E-state index in [2.05, 4.69) is 74.2 Å². The van der Waals surface area contributed by atoms with Crippen LogP contribution >= 0.6 is 0 Å². The van der Waals surface area contributed by atoms with Crippen LogP contribution < -0.4 is 19.5 Å². The Morgan fingerprint density at radius 3 is 1.95 bits per heavy atom. The molecule has 1 N–H and O–H groups in total. The lowest BCUT2D eigenvalue weighted by Crippen LogP contribution is -2.68. The average Bonchev–Trinajstić information content (AvgIpc) is 3.03. The molecule has 1 atom stereocenters. The minimum atomic E-state index is -2.87. The van der Waals surface area contributed by atoms with Crippen molar-refractivity contribution in [1.82, 2.24) is 4.90 Å². The van der Waals surface area contributed by atoms with E-state index in [-0.39, 0.29) is 16.8 Å². The molecule has 0 aliphatic carbocycles. The van der Waals surface area contributed by atoms with Gasteiger partial charge >= 0.3 is 8.32 Å². The van der Waals surface area contributed by atoms with Crippen LogP contribution in [0.3, 0.4) is 0 Å². The average molecular weight is 598 g/mol. The van der Waals surface area contributed by atoms with Crippen LogP contribution in [0.2, 0.25) is 5.04 Å². The molecule has 0 aromatic heterocycles. The molecule has 4 nitrogen and oxygen atoms in total. The predicted molar refractivity (Wildman–Crippen MR) is 175 cm³/mol. The molecule has 0 saturated carbocycles. The summed E-state index contributed by atoms with van der Waals surface area (Å²) in [5.41, 5.74) is 1.92. The SMILES string of the molecule is COc1c(O[Si](c2ccccc2)(c2ccccc2)C(C)(C)C)cccc1[C@H](O)C1CCN(CCc2ccc(F)cc2)CC1. The van der Waals surface area contributed by atoms with Gasteiger partial charge < -0.3 is 19.2 Å². The maximum Gasteiger partial charge on any atom is 0.320 e. The van der Waals surface area contributed by atoms with Crippen molar-refractivity contribution in [1.29, 1.82) is 0 Å². The Bertz CT molecular complexity index is 1410. The summed E-state index contributed by atoms with van der Waals surface area (Å²) in [5, 5.41) is 13.9. The highest BCUT2D eigenvalue weighted by atomic mass is 28.4. The second-order valence-electron chi connectivity index (χ2n) is 12.6. The van der Waals surface area contributed by atoms with E-state index in [0.29, 0.717) is 11.5 Å². The monoisotopic (exact) mass is 597 g/mol. The molecule has 0 unspecified atom stereocenters. The van der Waals surface area contributed by atoms with Crippen molar-refractivity contribution in [3.8, 4) is 11.5 Å². The molecule has 1 aliphatic heterocycles. The van der Waals surface area contributed by atoms with Crippen molar-refractivity contribution in [2.75, 3.05) is 26.7 Å². The fourth-order valence-corrected chi connectivity index (χ4v) is 11.0. The number of para-hydroxylation sites is 1. The van der Waals surface area contributed by atoms with Crippen LogP contribution in [-0.2, 0) is 6.42 Å². The van der Waals surface area contributed by atoms with Crippen molar-refractivity contribution in [3.05, 3.63) is 120 Å². The number of piperidine rings is 1. The van der Waals surface area contributed by atoms with Crippen LogP contribution in [0, 0.1) is 11.7 Å². The van der Waals surface area contributed by atoms with Crippen molar-refractivity contribution < 1.29 is 18.7 Å². The molecule has 4 aromatic rings. The van der Waals surface area contributed by atoms with Gasteiger partial charge in [-0.25, -0.2) is 4.39 Å². The first-order chi connectivity index (χ1) is 20.7. The summed E-state index contributed by atoms with van der Waals surface area (Å²) in [5.74, 6) is 1.21. The lowest BCUT2D eigenvalue weighted by atomic mass is 9.87. The summed E-state index contributed by atoms with van der Waals surface area (Å²) in [4.78, 5) is 2.44. The van der Waals surface area contributed by atoms with Crippen molar-refractivity contribution >= 4 is 18.7 Å². The van der Waals surface area contributed by atoms with Crippen molar-refractivity contribution in [2.45, 2.75) is 51.2 Å². The van der Waals surface area contributed by atoms with Gasteiger partial charge in [0.1, 0.15) is 11.6 Å². The largest absolute Gasteiger partial charge is 0.531 e. The zero-order chi connectivity index (χ0) is 30.5. The molecule has 226 valence electrons. The summed E-state index contributed by atoms with van der Waals surface area (Å²) in [6.45, 7) is 9.54. The summed E-state index contributed by atoms with van der Waals surface area (Å²) < 4.78 is 26.6. The molecule has 4 aromatic carbocycles. The van der Waals surface area contributed by atoms with Crippen LogP contribution in [-0.4, -0.2) is 45.1 Å². The summed E-state index contributed by atoms with van der Waals surface area (Å²) in [6.07, 6.45) is 2.03. The molecular weight excluding hydrogens is 553 g/mol. The first kappa shape index (κ1) is 31.0. The van der Waals surface area contributed by atoms with E-state index in [9.17, 15) is 9.50 Å². The van der Waals surface area contributed by atoms with Gasteiger partial charge in [0.15, 0.2) is 5.75 Å². The highest BCUT2D eigenvalue weighted by molar-refractivity contribution is 7.00. The number of likely N-dealkylation sites (tertiary alicyclic amines) is 1. The van der Waals surface area contributed by atoms with Crippen LogP contribution in [0.5, 0.6) is 11.5 Å². The van der Waals surface area contributed by atoms with E-state index in [1.54, 1.807) is 7.11 Å². The Hall–Kier alpha value is -3.45. The Kier molecular flexibility index (Phi) is 9.70. The lowest BCUT2D eigenvalue weighted by Gasteiger charge is -2.43. The first-order valence-electron chi connectivity index (χ1n) is 15.3. The zero-order valence-corrected chi connectivity index (χ0v) is 26.8. The van der Waals surface area contributed by atoms with Crippen molar-refractivity contribution in [2.24, 2.45) is 5.92 Å². The number of aliphatic hydroxyl groups excluding tert-OH is 1. The van der Waals surface area contributed by atoms with Gasteiger partial charge in [0.2, 0.25) is 0 Å². The number of ether oxygens (including phenoxy) is 1. The molecule has 0 spiro atoms. The second-order valence-corrected chi connectivity index (χ2v) is 16.9. The molecule has 43 heavy (non-hydrogen) atoms. The Morgan fingerprint density at radius 1 is 0.837 bits per heavy atom. The van der Waals surface area contributed by atoms with Gasteiger partial charge in [0.25, 0.3) is 0 Å². The Morgan fingerprint density at radius 2 is 1.42 bits per heavy atom. The number of halogens is 1. The van der Waals surface area contributed by atoms with Crippen LogP contribution in [0.25, 0.3) is 0 Å². The molecule has 5 rings (SSSR count). The Balaban J connectivity index is 1.38. The molecule has 1 fully saturated rings. The molecule has 1 saturated heterocycles. The maximum absolute atomic E-state index is 13.3. The molecule has 1 aliphatic rings. The number of hydrogen-bond acceptors (Lipinski definition) is 4. The van der Waals surface area contributed by atoms with Crippen molar-refractivity contribution in [3.63, 3.8) is 0 Å². The minimum absolute atomic E-state index is 0.124. The number of hydrogen-bond donors (Lipinski definition) is 1. The van der Waals surface area contributed by atoms with Gasteiger partial charge in [0, 0.05) is 12.1 Å². The molecule has 0 amide bonds. The van der Waals surface area contributed by atoms with E-state index in [1.165, 1.54) is 22.5 Å². The molecule has 6 heteroatoms. The smallest absolute Gasteiger partial charge is 0.320 e. The second kappa shape index (κ2) is 13.5. The highest BCUT2D eigenvalue weighted by Gasteiger charge is 2.52. The van der Waals surface area contributed by atoms with E-state index < -0.39 is 14.4 Å². The number of nitrogens with zero attached hydrogens (tertiary/aromatic N) is 1. The standard InChI is InChI=1S/C37H44FNO3Si/c1-37(2,3)43(31-12-7-5-8-13-31,32-14-9-6-10-15-32)42-34-17-11-16-33(36(34)41-4)35(40)29-23-26-39(27-24-29)25-22-28-18-20-30(38)21-19-28/h5-21,29,35,40H,22-27H2,1-4H3/t35-/m1/s1. The molecule has 0 bridgehead atoms. The number of benzene rings is 4. The van der Waals surface area contributed by atoms with Crippen LogP contribution in [0.4, 0.5) is 4.39 Å². The zero-order valence-electron chi connectivity index (χ0n) is 25.8. The summed E-state index contributed by atoms with van der Waals surface area (Å²) >= 11 is 0. The third kappa shape index (κ3) is 6.72. The third-order valence-corrected chi connectivity index (χ3v) is 13.9. The van der Waals surface area contributed by atoms with E-state index in [0.717, 1.165) is 50.0 Å². The maximum atomic E-state index is 13.3. The molecule has 0 radical (unpaired) electrons. The summed E-state index contributed by atoms with van der Waals surface area (Å²) in [7, 11) is -1.21. The fourth-order valence-electron chi connectivity index (χ4n) is 6.56. The number of rotatable bonds is 10. The van der Waals surface area contributed by atoms with Gasteiger partial charge in [0.05, 0.1) is 13.2 Å². The molecular formula is C37H44FNO3Si. The lowest BCUT2D eigenvalue weighted by molar-refractivity contribution is 0.0573. The normalized spacial score (nSPS) is 15.7. The van der Waals surface area contributed by atoms with E-state index in [4.69, 9.17) is 9.16 Å². The number of aliphatic hydroxyl groups is 1. The van der Waals surface area contributed by atoms with Gasteiger partial charge in [-0.15, -0.1) is 0 Å². The fraction of sp³-hybridized carbons (Fsp3) is 0.351. The third-order valence-electron chi connectivity index (χ3n) is 8.92. The first-order valence-corrected chi connectivity index (χ1v) is 17.3. The predicted octanol–water partition coefficient (Wildman–Crippen LogP) is 6.76.